The van der Waals surface area contributed by atoms with Crippen molar-refractivity contribution in [2.75, 3.05) is 0 Å². The van der Waals surface area contributed by atoms with E-state index in [2.05, 4.69) is 0 Å². The number of rotatable bonds is 5. The van der Waals surface area contributed by atoms with Gasteiger partial charge in [0.05, 0.1) is 18.7 Å². The number of aliphatic carboxylic acids is 1. The van der Waals surface area contributed by atoms with Gasteiger partial charge in [0.15, 0.2) is 0 Å². The molecule has 1 N–H and O–H groups in total. The lowest BCUT2D eigenvalue weighted by Crippen LogP contribution is -2.43. The summed E-state index contributed by atoms with van der Waals surface area (Å²) in [6.45, 7) is 0.537. The zero-order chi connectivity index (χ0) is 16.2. The Balaban J connectivity index is 1.66. The highest BCUT2D eigenvalue weighted by molar-refractivity contribution is 5.80. The van der Waals surface area contributed by atoms with E-state index in [-0.39, 0.29) is 17.7 Å². The van der Waals surface area contributed by atoms with E-state index < -0.39 is 5.97 Å². The lowest BCUT2D eigenvalue weighted by Gasteiger charge is -2.34. The second-order valence-corrected chi connectivity index (χ2v) is 6.87. The lowest BCUT2D eigenvalue weighted by atomic mass is 9.81. The van der Waals surface area contributed by atoms with Gasteiger partial charge >= 0.3 is 5.97 Å². The summed E-state index contributed by atoms with van der Waals surface area (Å²) < 4.78 is 5.44. The first-order valence-corrected chi connectivity index (χ1v) is 8.71. The van der Waals surface area contributed by atoms with Gasteiger partial charge in [-0.2, -0.15) is 0 Å². The van der Waals surface area contributed by atoms with Crippen molar-refractivity contribution >= 4 is 11.9 Å². The predicted molar refractivity (Wildman–Crippen MR) is 84.6 cm³/mol. The summed E-state index contributed by atoms with van der Waals surface area (Å²) in [6, 6.07) is 4.08. The molecule has 5 nitrogen and oxygen atoms in total. The third-order valence-corrected chi connectivity index (χ3v) is 5.38. The fourth-order valence-electron chi connectivity index (χ4n) is 4.00. The van der Waals surface area contributed by atoms with Crippen LogP contribution in [0.5, 0.6) is 0 Å². The van der Waals surface area contributed by atoms with Crippen molar-refractivity contribution < 1.29 is 19.1 Å². The molecule has 0 aromatic carbocycles. The summed E-state index contributed by atoms with van der Waals surface area (Å²) in [5.74, 6) is -0.00837. The van der Waals surface area contributed by atoms with Crippen molar-refractivity contribution in [1.82, 2.24) is 4.90 Å². The van der Waals surface area contributed by atoms with Crippen LogP contribution < -0.4 is 0 Å². The first kappa shape index (κ1) is 16.1. The van der Waals surface area contributed by atoms with Gasteiger partial charge in [0.2, 0.25) is 5.91 Å². The second kappa shape index (κ2) is 7.20. The summed E-state index contributed by atoms with van der Waals surface area (Å²) in [4.78, 5) is 26.1. The maximum atomic E-state index is 13.0. The van der Waals surface area contributed by atoms with Crippen LogP contribution in [0.3, 0.4) is 0 Å². The van der Waals surface area contributed by atoms with Gasteiger partial charge < -0.3 is 14.4 Å². The van der Waals surface area contributed by atoms with Crippen LogP contribution in [-0.2, 0) is 16.1 Å². The molecule has 0 bridgehead atoms. The molecule has 2 fully saturated rings. The van der Waals surface area contributed by atoms with Gasteiger partial charge in [0.25, 0.3) is 0 Å². The maximum absolute atomic E-state index is 13.0. The largest absolute Gasteiger partial charge is 0.481 e. The molecule has 0 spiro atoms. The van der Waals surface area contributed by atoms with Gasteiger partial charge in [0.1, 0.15) is 5.76 Å². The van der Waals surface area contributed by atoms with E-state index in [0.717, 1.165) is 18.6 Å². The highest BCUT2D eigenvalue weighted by Crippen LogP contribution is 2.33. The van der Waals surface area contributed by atoms with Crippen LogP contribution in [0.25, 0.3) is 0 Å². The molecule has 2 saturated carbocycles. The number of hydrogen-bond donors (Lipinski definition) is 1. The molecule has 23 heavy (non-hydrogen) atoms. The SMILES string of the molecule is O=C(O)C1CCC(C(=O)N(Cc2ccco2)C2CCCC2)CC1. The first-order valence-electron chi connectivity index (χ1n) is 8.71. The van der Waals surface area contributed by atoms with Crippen molar-refractivity contribution in [3.05, 3.63) is 24.2 Å². The molecule has 0 saturated heterocycles. The molecular formula is C18H25NO4. The van der Waals surface area contributed by atoms with Gasteiger partial charge in [-0.3, -0.25) is 9.59 Å². The second-order valence-electron chi connectivity index (χ2n) is 6.87. The zero-order valence-corrected chi connectivity index (χ0v) is 13.4. The number of hydrogen-bond acceptors (Lipinski definition) is 3. The van der Waals surface area contributed by atoms with Gasteiger partial charge in [0, 0.05) is 12.0 Å². The normalized spacial score (nSPS) is 25.4. The fourth-order valence-corrected chi connectivity index (χ4v) is 4.00. The number of nitrogens with zero attached hydrogens (tertiary/aromatic N) is 1. The number of furan rings is 1. The molecular weight excluding hydrogens is 294 g/mol. The Bertz CT molecular complexity index is 525. The van der Waals surface area contributed by atoms with Crippen LogP contribution in [0.4, 0.5) is 0 Å². The Kier molecular flexibility index (Phi) is 5.03. The van der Waals surface area contributed by atoms with Crippen LogP contribution in [0.1, 0.15) is 57.1 Å². The third kappa shape index (κ3) is 3.77. The van der Waals surface area contributed by atoms with Crippen LogP contribution >= 0.6 is 0 Å². The minimum absolute atomic E-state index is 0.0267. The molecule has 1 amide bonds. The molecule has 2 aliphatic carbocycles. The highest BCUT2D eigenvalue weighted by Gasteiger charge is 2.35. The van der Waals surface area contributed by atoms with Crippen LogP contribution in [0.15, 0.2) is 22.8 Å². The van der Waals surface area contributed by atoms with Crippen molar-refractivity contribution in [2.24, 2.45) is 11.8 Å². The van der Waals surface area contributed by atoms with Crippen molar-refractivity contribution in [3.63, 3.8) is 0 Å². The predicted octanol–water partition coefficient (Wildman–Crippen LogP) is 3.44. The van der Waals surface area contributed by atoms with E-state index in [4.69, 9.17) is 9.52 Å². The molecule has 1 aromatic rings. The topological polar surface area (TPSA) is 70.8 Å². The standard InChI is InChI=1S/C18H25NO4/c20-17(13-7-9-14(10-8-13)18(21)22)19(15-4-1-2-5-15)12-16-6-3-11-23-16/h3,6,11,13-15H,1-2,4-5,7-10,12H2,(H,21,22). The Hall–Kier alpha value is -1.78. The quantitative estimate of drug-likeness (QED) is 0.902. The monoisotopic (exact) mass is 319 g/mol. The summed E-state index contributed by atoms with van der Waals surface area (Å²) in [6.07, 6.45) is 8.75. The van der Waals surface area contributed by atoms with Crippen molar-refractivity contribution in [3.8, 4) is 0 Å². The number of carboxylic acid groups (broad SMARTS) is 1. The van der Waals surface area contributed by atoms with Gasteiger partial charge in [-0.05, 0) is 50.7 Å². The van der Waals surface area contributed by atoms with E-state index in [9.17, 15) is 9.59 Å². The summed E-state index contributed by atoms with van der Waals surface area (Å²) >= 11 is 0. The molecule has 0 radical (unpaired) electrons. The number of carboxylic acids is 1. The summed E-state index contributed by atoms with van der Waals surface area (Å²) in [7, 11) is 0. The molecule has 0 unspecified atom stereocenters. The zero-order valence-electron chi connectivity index (χ0n) is 13.4. The van der Waals surface area contributed by atoms with Crippen LogP contribution in [0, 0.1) is 11.8 Å². The highest BCUT2D eigenvalue weighted by atomic mass is 16.4. The molecule has 2 aliphatic rings. The average Bonchev–Trinajstić information content (AvgIpc) is 3.25. The molecule has 1 heterocycles. The summed E-state index contributed by atoms with van der Waals surface area (Å²) in [5, 5.41) is 9.11. The van der Waals surface area contributed by atoms with E-state index in [1.165, 1.54) is 12.8 Å². The Morgan fingerprint density at radius 1 is 1.09 bits per heavy atom. The number of carbonyl (C=O) groups is 2. The molecule has 1 aromatic heterocycles. The van der Waals surface area contributed by atoms with Gasteiger partial charge in [-0.15, -0.1) is 0 Å². The smallest absolute Gasteiger partial charge is 0.306 e. The van der Waals surface area contributed by atoms with Crippen LogP contribution in [-0.4, -0.2) is 27.9 Å². The average molecular weight is 319 g/mol. The first-order chi connectivity index (χ1) is 11.1. The Morgan fingerprint density at radius 3 is 2.30 bits per heavy atom. The third-order valence-electron chi connectivity index (χ3n) is 5.38. The number of carbonyl (C=O) groups excluding carboxylic acids is 1. The van der Waals surface area contributed by atoms with E-state index in [0.29, 0.717) is 38.3 Å². The maximum Gasteiger partial charge on any atom is 0.306 e. The van der Waals surface area contributed by atoms with Crippen molar-refractivity contribution in [1.29, 1.82) is 0 Å². The van der Waals surface area contributed by atoms with Crippen molar-refractivity contribution in [2.45, 2.75) is 64.0 Å². The van der Waals surface area contributed by atoms with E-state index >= 15 is 0 Å². The molecule has 3 rings (SSSR count). The van der Waals surface area contributed by atoms with Gasteiger partial charge in [-0.25, -0.2) is 0 Å². The molecule has 5 heteroatoms. The minimum Gasteiger partial charge on any atom is -0.481 e. The van der Waals surface area contributed by atoms with Gasteiger partial charge in [-0.1, -0.05) is 12.8 Å². The van der Waals surface area contributed by atoms with E-state index in [1.54, 1.807) is 6.26 Å². The summed E-state index contributed by atoms with van der Waals surface area (Å²) in [5.41, 5.74) is 0. The van der Waals surface area contributed by atoms with E-state index in [1.807, 2.05) is 17.0 Å². The minimum atomic E-state index is -0.723. The molecule has 126 valence electrons. The fraction of sp³-hybridized carbons (Fsp3) is 0.667. The lowest BCUT2D eigenvalue weighted by molar-refractivity contribution is -0.146. The Morgan fingerprint density at radius 2 is 1.74 bits per heavy atom. The van der Waals surface area contributed by atoms with Crippen LogP contribution in [0.2, 0.25) is 0 Å². The Labute approximate surface area is 136 Å². The molecule has 0 atom stereocenters. The molecule has 0 aliphatic heterocycles. The number of amides is 1.